The lowest BCUT2D eigenvalue weighted by Crippen LogP contribution is -2.29. The monoisotopic (exact) mass is 404 g/mol. The third-order valence-corrected chi connectivity index (χ3v) is 5.06. The molecule has 3 aromatic carbocycles. The molecule has 0 saturated heterocycles. The lowest BCUT2D eigenvalue weighted by atomic mass is 10.1. The minimum absolute atomic E-state index is 0.216. The molecule has 3 amide bonds. The number of aryl methyl sites for hydroxylation is 1. The predicted molar refractivity (Wildman–Crippen MR) is 111 cm³/mol. The molecule has 4 rings (SSSR count). The molecule has 1 aliphatic rings. The summed E-state index contributed by atoms with van der Waals surface area (Å²) in [6, 6.07) is 18.9. The SMILES string of the molecule is Cc1ccc(CNC(=O)c2ccc3c(c2)C(=O)N(c2ccc(Cl)cc2)C3=O)cc1. The number of hydrogen-bond acceptors (Lipinski definition) is 3. The number of carbonyl (C=O) groups excluding carboxylic acids is 3. The molecule has 0 spiro atoms. The van der Waals surface area contributed by atoms with E-state index in [-0.39, 0.29) is 17.0 Å². The van der Waals surface area contributed by atoms with Crippen molar-refractivity contribution in [2.45, 2.75) is 13.5 Å². The number of benzene rings is 3. The topological polar surface area (TPSA) is 66.5 Å². The van der Waals surface area contributed by atoms with Crippen molar-refractivity contribution in [2.24, 2.45) is 0 Å². The summed E-state index contributed by atoms with van der Waals surface area (Å²) in [5, 5.41) is 3.35. The molecule has 5 nitrogen and oxygen atoms in total. The number of hydrogen-bond donors (Lipinski definition) is 1. The molecule has 1 heterocycles. The van der Waals surface area contributed by atoms with Crippen molar-refractivity contribution < 1.29 is 14.4 Å². The number of fused-ring (bicyclic) bond motifs is 1. The molecule has 29 heavy (non-hydrogen) atoms. The van der Waals surface area contributed by atoms with Crippen LogP contribution in [-0.2, 0) is 6.54 Å². The van der Waals surface area contributed by atoms with Crippen LogP contribution in [0.4, 0.5) is 5.69 Å². The molecule has 0 atom stereocenters. The molecule has 0 fully saturated rings. The Balaban J connectivity index is 1.54. The Hall–Kier alpha value is -3.44. The van der Waals surface area contributed by atoms with Crippen LogP contribution < -0.4 is 10.2 Å². The fraction of sp³-hybridized carbons (Fsp3) is 0.0870. The Labute approximate surface area is 172 Å². The largest absolute Gasteiger partial charge is 0.348 e. The first-order valence-corrected chi connectivity index (χ1v) is 9.44. The van der Waals surface area contributed by atoms with E-state index >= 15 is 0 Å². The van der Waals surface area contributed by atoms with Crippen molar-refractivity contribution in [3.8, 4) is 0 Å². The van der Waals surface area contributed by atoms with Crippen LogP contribution in [-0.4, -0.2) is 17.7 Å². The molecule has 0 bridgehead atoms. The Morgan fingerprint density at radius 3 is 2.24 bits per heavy atom. The van der Waals surface area contributed by atoms with Gasteiger partial charge in [-0.15, -0.1) is 0 Å². The Bertz CT molecular complexity index is 1120. The molecule has 0 unspecified atom stereocenters. The van der Waals surface area contributed by atoms with Gasteiger partial charge in [-0.3, -0.25) is 14.4 Å². The summed E-state index contributed by atoms with van der Waals surface area (Å²) in [6.45, 7) is 2.37. The maximum Gasteiger partial charge on any atom is 0.266 e. The van der Waals surface area contributed by atoms with Crippen LogP contribution in [0, 0.1) is 6.92 Å². The summed E-state index contributed by atoms with van der Waals surface area (Å²) in [5.41, 5.74) is 3.38. The number of carbonyl (C=O) groups is 3. The van der Waals surface area contributed by atoms with Crippen LogP contribution in [0.3, 0.4) is 0 Å². The highest BCUT2D eigenvalue weighted by Gasteiger charge is 2.37. The molecule has 0 radical (unpaired) electrons. The van der Waals surface area contributed by atoms with Crippen LogP contribution in [0.5, 0.6) is 0 Å². The number of imide groups is 1. The van der Waals surface area contributed by atoms with Crippen molar-refractivity contribution >= 4 is 35.0 Å². The van der Waals surface area contributed by atoms with Gasteiger partial charge in [0.1, 0.15) is 0 Å². The third kappa shape index (κ3) is 3.65. The molecule has 3 aromatic rings. The average Bonchev–Trinajstić information content (AvgIpc) is 2.98. The maximum absolute atomic E-state index is 12.8. The third-order valence-electron chi connectivity index (χ3n) is 4.81. The van der Waals surface area contributed by atoms with Crippen molar-refractivity contribution in [2.75, 3.05) is 4.90 Å². The van der Waals surface area contributed by atoms with Gasteiger partial charge in [0, 0.05) is 17.1 Å². The highest BCUT2D eigenvalue weighted by molar-refractivity contribution is 6.35. The van der Waals surface area contributed by atoms with E-state index in [1.807, 2.05) is 31.2 Å². The lowest BCUT2D eigenvalue weighted by Gasteiger charge is -2.13. The van der Waals surface area contributed by atoms with Crippen LogP contribution in [0.1, 0.15) is 42.2 Å². The Morgan fingerprint density at radius 2 is 1.55 bits per heavy atom. The van der Waals surface area contributed by atoms with Crippen molar-refractivity contribution in [3.63, 3.8) is 0 Å². The van der Waals surface area contributed by atoms with Crippen LogP contribution in [0.2, 0.25) is 5.02 Å². The zero-order valence-electron chi connectivity index (χ0n) is 15.6. The first-order valence-electron chi connectivity index (χ1n) is 9.06. The van der Waals surface area contributed by atoms with Gasteiger partial charge in [-0.1, -0.05) is 41.4 Å². The number of nitrogens with one attached hydrogen (secondary N) is 1. The van der Waals surface area contributed by atoms with Gasteiger partial charge in [0.2, 0.25) is 0 Å². The molecular formula is C23H17ClN2O3. The summed E-state index contributed by atoms with van der Waals surface area (Å²) >= 11 is 5.88. The number of amides is 3. The normalized spacial score (nSPS) is 12.8. The summed E-state index contributed by atoms with van der Waals surface area (Å²) < 4.78 is 0. The number of rotatable bonds is 4. The minimum atomic E-state index is -0.458. The zero-order chi connectivity index (χ0) is 20.5. The molecule has 0 saturated carbocycles. The molecule has 1 N–H and O–H groups in total. The van der Waals surface area contributed by atoms with Crippen LogP contribution in [0.15, 0.2) is 66.7 Å². The molecular weight excluding hydrogens is 388 g/mol. The van der Waals surface area contributed by atoms with E-state index < -0.39 is 11.8 Å². The molecule has 1 aliphatic heterocycles. The summed E-state index contributed by atoms with van der Waals surface area (Å²) in [4.78, 5) is 39.1. The van der Waals surface area contributed by atoms with Gasteiger partial charge in [-0.05, 0) is 55.0 Å². The fourth-order valence-electron chi connectivity index (χ4n) is 3.20. The molecule has 0 aliphatic carbocycles. The second-order valence-corrected chi connectivity index (χ2v) is 7.29. The zero-order valence-corrected chi connectivity index (χ0v) is 16.4. The highest BCUT2D eigenvalue weighted by atomic mass is 35.5. The highest BCUT2D eigenvalue weighted by Crippen LogP contribution is 2.29. The van der Waals surface area contributed by atoms with E-state index in [1.54, 1.807) is 30.3 Å². The van der Waals surface area contributed by atoms with Gasteiger partial charge < -0.3 is 5.32 Å². The van der Waals surface area contributed by atoms with E-state index in [2.05, 4.69) is 5.32 Å². The molecule has 6 heteroatoms. The van der Waals surface area contributed by atoms with Crippen molar-refractivity contribution in [3.05, 3.63) is 99.6 Å². The maximum atomic E-state index is 12.8. The van der Waals surface area contributed by atoms with Crippen LogP contribution in [0.25, 0.3) is 0 Å². The van der Waals surface area contributed by atoms with Gasteiger partial charge in [0.15, 0.2) is 0 Å². The van der Waals surface area contributed by atoms with Crippen LogP contribution >= 0.6 is 11.6 Å². The lowest BCUT2D eigenvalue weighted by molar-refractivity contribution is 0.0923. The van der Waals surface area contributed by atoms with Crippen molar-refractivity contribution in [1.29, 1.82) is 0 Å². The van der Waals surface area contributed by atoms with Gasteiger partial charge >= 0.3 is 0 Å². The first-order chi connectivity index (χ1) is 13.9. The Morgan fingerprint density at radius 1 is 0.897 bits per heavy atom. The first kappa shape index (κ1) is 18.9. The number of nitrogens with zero attached hydrogens (tertiary/aromatic N) is 1. The summed E-state index contributed by atoms with van der Waals surface area (Å²) in [6.07, 6.45) is 0. The van der Waals surface area contributed by atoms with Gasteiger partial charge in [0.25, 0.3) is 17.7 Å². The van der Waals surface area contributed by atoms with E-state index in [4.69, 9.17) is 11.6 Å². The molecule has 0 aromatic heterocycles. The number of anilines is 1. The average molecular weight is 405 g/mol. The summed E-state index contributed by atoms with van der Waals surface area (Å²) in [7, 11) is 0. The predicted octanol–water partition coefficient (Wildman–Crippen LogP) is 4.38. The van der Waals surface area contributed by atoms with E-state index in [0.29, 0.717) is 22.8 Å². The molecule has 144 valence electrons. The van der Waals surface area contributed by atoms with E-state index in [1.165, 1.54) is 12.1 Å². The van der Waals surface area contributed by atoms with E-state index in [0.717, 1.165) is 16.0 Å². The van der Waals surface area contributed by atoms with E-state index in [9.17, 15) is 14.4 Å². The second kappa shape index (κ2) is 7.53. The van der Waals surface area contributed by atoms with Gasteiger partial charge in [-0.2, -0.15) is 0 Å². The Kier molecular flexibility index (Phi) is 4.91. The smallest absolute Gasteiger partial charge is 0.266 e. The summed E-state index contributed by atoms with van der Waals surface area (Å²) in [5.74, 6) is -1.18. The second-order valence-electron chi connectivity index (χ2n) is 6.85. The number of halogens is 1. The minimum Gasteiger partial charge on any atom is -0.348 e. The quantitative estimate of drug-likeness (QED) is 0.656. The van der Waals surface area contributed by atoms with Crippen molar-refractivity contribution in [1.82, 2.24) is 5.32 Å². The fourth-order valence-corrected chi connectivity index (χ4v) is 3.32. The van der Waals surface area contributed by atoms with Gasteiger partial charge in [-0.25, -0.2) is 4.90 Å². The standard InChI is InChI=1S/C23H17ClN2O3/c1-14-2-4-15(5-3-14)13-25-21(27)16-6-11-19-20(12-16)23(29)26(22(19)28)18-9-7-17(24)8-10-18/h2-12H,13H2,1H3,(H,25,27). The van der Waals surface area contributed by atoms with Gasteiger partial charge in [0.05, 0.1) is 16.8 Å².